The van der Waals surface area contributed by atoms with Crippen molar-refractivity contribution in [3.8, 4) is 5.82 Å². The summed E-state index contributed by atoms with van der Waals surface area (Å²) in [5.41, 5.74) is 7.58. The molecule has 0 unspecified atom stereocenters. The molecule has 0 saturated heterocycles. The van der Waals surface area contributed by atoms with Crippen LogP contribution in [0.4, 0.5) is 0 Å². The van der Waals surface area contributed by atoms with E-state index in [1.807, 2.05) is 42.0 Å². The van der Waals surface area contributed by atoms with Gasteiger partial charge in [-0.25, -0.2) is 4.98 Å². The average Bonchev–Trinajstić information content (AvgIpc) is 2.65. The van der Waals surface area contributed by atoms with E-state index in [1.54, 1.807) is 6.20 Å². The second kappa shape index (κ2) is 3.82. The lowest BCUT2D eigenvalue weighted by Crippen LogP contribution is -2.14. The van der Waals surface area contributed by atoms with E-state index in [0.717, 1.165) is 17.1 Å². The van der Waals surface area contributed by atoms with Gasteiger partial charge in [-0.1, -0.05) is 12.2 Å². The molecule has 0 amide bonds. The van der Waals surface area contributed by atoms with E-state index in [0.29, 0.717) is 4.99 Å². The van der Waals surface area contributed by atoms with Gasteiger partial charge >= 0.3 is 0 Å². The van der Waals surface area contributed by atoms with Gasteiger partial charge in [-0.3, -0.25) is 4.57 Å². The van der Waals surface area contributed by atoms with Crippen LogP contribution < -0.4 is 5.73 Å². The molecule has 0 radical (unpaired) electrons. The van der Waals surface area contributed by atoms with Crippen LogP contribution in [0.1, 0.15) is 11.3 Å². The summed E-state index contributed by atoms with van der Waals surface area (Å²) in [5.74, 6) is 0.836. The molecule has 0 spiro atoms. The molecule has 2 aromatic heterocycles. The summed E-state index contributed by atoms with van der Waals surface area (Å²) >= 11 is 4.97. The maximum Gasteiger partial charge on any atom is 0.137 e. The van der Waals surface area contributed by atoms with Gasteiger partial charge in [0.2, 0.25) is 0 Å². The summed E-state index contributed by atoms with van der Waals surface area (Å²) in [6.45, 7) is 2.02. The predicted octanol–water partition coefficient (Wildman–Crippen LogP) is 1.81. The molecular formula is C11H11N3S. The van der Waals surface area contributed by atoms with Crippen LogP contribution in [0, 0.1) is 6.92 Å². The molecule has 0 aromatic carbocycles. The zero-order chi connectivity index (χ0) is 10.8. The Bertz CT molecular complexity index is 502. The Morgan fingerprint density at radius 2 is 2.27 bits per heavy atom. The molecule has 2 aromatic rings. The Morgan fingerprint density at radius 1 is 1.47 bits per heavy atom. The van der Waals surface area contributed by atoms with Crippen LogP contribution in [0.5, 0.6) is 0 Å². The molecule has 2 heterocycles. The SMILES string of the molecule is Cc1ccnc(-n2cccc2C(N)=S)c1. The van der Waals surface area contributed by atoms with Crippen molar-refractivity contribution in [2.45, 2.75) is 6.92 Å². The number of nitrogens with zero attached hydrogens (tertiary/aromatic N) is 2. The van der Waals surface area contributed by atoms with E-state index in [-0.39, 0.29) is 0 Å². The minimum absolute atomic E-state index is 0.378. The first-order valence-corrected chi connectivity index (χ1v) is 4.99. The Kier molecular flexibility index (Phi) is 2.51. The topological polar surface area (TPSA) is 43.8 Å². The lowest BCUT2D eigenvalue weighted by atomic mass is 10.3. The summed E-state index contributed by atoms with van der Waals surface area (Å²) in [6.07, 6.45) is 3.67. The van der Waals surface area contributed by atoms with E-state index >= 15 is 0 Å². The minimum Gasteiger partial charge on any atom is -0.388 e. The highest BCUT2D eigenvalue weighted by molar-refractivity contribution is 7.80. The molecule has 2 N–H and O–H groups in total. The number of rotatable bonds is 2. The smallest absolute Gasteiger partial charge is 0.137 e. The van der Waals surface area contributed by atoms with E-state index < -0.39 is 0 Å². The van der Waals surface area contributed by atoms with Crippen LogP contribution in [0.15, 0.2) is 36.7 Å². The van der Waals surface area contributed by atoms with Crippen LogP contribution in [0.3, 0.4) is 0 Å². The molecule has 76 valence electrons. The van der Waals surface area contributed by atoms with Gasteiger partial charge in [0, 0.05) is 12.4 Å². The summed E-state index contributed by atoms with van der Waals surface area (Å²) in [5, 5.41) is 0. The largest absolute Gasteiger partial charge is 0.388 e. The first kappa shape index (κ1) is 9.86. The maximum absolute atomic E-state index is 5.62. The van der Waals surface area contributed by atoms with Crippen LogP contribution >= 0.6 is 12.2 Å². The van der Waals surface area contributed by atoms with E-state index in [2.05, 4.69) is 4.98 Å². The number of hydrogen-bond donors (Lipinski definition) is 1. The normalized spacial score (nSPS) is 10.2. The molecule has 4 heteroatoms. The van der Waals surface area contributed by atoms with Crippen LogP contribution in [-0.4, -0.2) is 14.5 Å². The Labute approximate surface area is 93.6 Å². The molecule has 0 bridgehead atoms. The van der Waals surface area contributed by atoms with Gasteiger partial charge in [0.15, 0.2) is 0 Å². The molecule has 2 rings (SSSR count). The zero-order valence-electron chi connectivity index (χ0n) is 8.34. The third-order valence-electron chi connectivity index (χ3n) is 2.15. The molecule has 0 aliphatic carbocycles. The van der Waals surface area contributed by atoms with E-state index in [9.17, 15) is 0 Å². The monoisotopic (exact) mass is 217 g/mol. The van der Waals surface area contributed by atoms with Crippen LogP contribution in [-0.2, 0) is 0 Å². The van der Waals surface area contributed by atoms with Crippen molar-refractivity contribution in [1.82, 2.24) is 9.55 Å². The molecule has 0 atom stereocenters. The van der Waals surface area contributed by atoms with Gasteiger partial charge in [0.25, 0.3) is 0 Å². The summed E-state index contributed by atoms with van der Waals surface area (Å²) in [6, 6.07) is 7.72. The third kappa shape index (κ3) is 1.89. The Balaban J connectivity index is 2.54. The Morgan fingerprint density at radius 3 is 2.93 bits per heavy atom. The van der Waals surface area contributed by atoms with Gasteiger partial charge < -0.3 is 5.73 Å². The van der Waals surface area contributed by atoms with Crippen LogP contribution in [0.2, 0.25) is 0 Å². The van der Waals surface area contributed by atoms with Crippen molar-refractivity contribution in [3.63, 3.8) is 0 Å². The number of pyridine rings is 1. The van der Waals surface area contributed by atoms with Crippen molar-refractivity contribution < 1.29 is 0 Å². The molecule has 0 saturated carbocycles. The summed E-state index contributed by atoms with van der Waals surface area (Å²) in [7, 11) is 0. The Hall–Kier alpha value is -1.68. The van der Waals surface area contributed by atoms with Crippen molar-refractivity contribution in [1.29, 1.82) is 0 Å². The summed E-state index contributed by atoms with van der Waals surface area (Å²) < 4.78 is 1.88. The average molecular weight is 217 g/mol. The van der Waals surface area contributed by atoms with E-state index in [1.165, 1.54) is 0 Å². The van der Waals surface area contributed by atoms with Crippen molar-refractivity contribution >= 4 is 17.2 Å². The highest BCUT2D eigenvalue weighted by atomic mass is 32.1. The number of aryl methyl sites for hydroxylation is 1. The molecule has 15 heavy (non-hydrogen) atoms. The predicted molar refractivity (Wildman–Crippen MR) is 64.2 cm³/mol. The fourth-order valence-electron chi connectivity index (χ4n) is 1.43. The van der Waals surface area contributed by atoms with Gasteiger partial charge in [-0.2, -0.15) is 0 Å². The molecule has 0 aliphatic rings. The number of thiocarbonyl (C=S) groups is 1. The number of nitrogens with two attached hydrogens (primary N) is 1. The maximum atomic E-state index is 5.62. The van der Waals surface area contributed by atoms with Gasteiger partial charge in [-0.05, 0) is 36.8 Å². The van der Waals surface area contributed by atoms with Gasteiger partial charge in [0.1, 0.15) is 10.8 Å². The second-order valence-electron chi connectivity index (χ2n) is 3.32. The fraction of sp³-hybridized carbons (Fsp3) is 0.0909. The molecule has 0 aliphatic heterocycles. The van der Waals surface area contributed by atoms with Crippen molar-refractivity contribution in [2.75, 3.05) is 0 Å². The number of aromatic nitrogens is 2. The number of hydrogen-bond acceptors (Lipinski definition) is 2. The first-order chi connectivity index (χ1) is 7.18. The quantitative estimate of drug-likeness (QED) is 0.780. The van der Waals surface area contributed by atoms with Crippen molar-refractivity contribution in [2.24, 2.45) is 5.73 Å². The van der Waals surface area contributed by atoms with Crippen molar-refractivity contribution in [3.05, 3.63) is 47.9 Å². The van der Waals surface area contributed by atoms with Gasteiger partial charge in [0.05, 0.1) is 5.69 Å². The minimum atomic E-state index is 0.378. The highest BCUT2D eigenvalue weighted by Gasteiger charge is 2.05. The fourth-order valence-corrected chi connectivity index (χ4v) is 1.60. The summed E-state index contributed by atoms with van der Waals surface area (Å²) in [4.78, 5) is 4.65. The molecule has 3 nitrogen and oxygen atoms in total. The zero-order valence-corrected chi connectivity index (χ0v) is 9.16. The second-order valence-corrected chi connectivity index (χ2v) is 3.76. The lowest BCUT2D eigenvalue weighted by Gasteiger charge is -2.07. The first-order valence-electron chi connectivity index (χ1n) is 4.58. The third-order valence-corrected chi connectivity index (χ3v) is 2.36. The molecular weight excluding hydrogens is 206 g/mol. The lowest BCUT2D eigenvalue weighted by molar-refractivity contribution is 0.991. The van der Waals surface area contributed by atoms with E-state index in [4.69, 9.17) is 18.0 Å². The highest BCUT2D eigenvalue weighted by Crippen LogP contribution is 2.11. The van der Waals surface area contributed by atoms with Gasteiger partial charge in [-0.15, -0.1) is 0 Å². The molecule has 0 fully saturated rings. The standard InChI is InChI=1S/C11H11N3S/c1-8-4-5-13-10(7-8)14-6-2-3-9(14)11(12)15/h2-7H,1H3,(H2,12,15). The van der Waals surface area contributed by atoms with Crippen LogP contribution in [0.25, 0.3) is 5.82 Å².